The van der Waals surface area contributed by atoms with Crippen molar-refractivity contribution in [3.8, 4) is 0 Å². The van der Waals surface area contributed by atoms with Crippen molar-refractivity contribution >= 4 is 34.6 Å². The summed E-state index contributed by atoms with van der Waals surface area (Å²) in [5, 5.41) is 29.3. The Hall–Kier alpha value is -3.01. The molecule has 11 heteroatoms. The zero-order valence-electron chi connectivity index (χ0n) is 14.4. The molecule has 0 aliphatic carbocycles. The van der Waals surface area contributed by atoms with Crippen LogP contribution < -0.4 is 5.32 Å². The molecule has 10 nitrogen and oxygen atoms in total. The topological polar surface area (TPSA) is 133 Å². The van der Waals surface area contributed by atoms with Gasteiger partial charge in [-0.15, -0.1) is 0 Å². The van der Waals surface area contributed by atoms with Gasteiger partial charge in [0, 0.05) is 12.1 Å². The third kappa shape index (κ3) is 3.49. The van der Waals surface area contributed by atoms with Crippen LogP contribution in [0.25, 0.3) is 0 Å². The van der Waals surface area contributed by atoms with Gasteiger partial charge < -0.3 is 5.32 Å². The average Bonchev–Trinajstić information content (AvgIpc) is 2.82. The first-order valence-electron chi connectivity index (χ1n) is 7.50. The third-order valence-corrected chi connectivity index (χ3v) is 4.54. The maximum absolute atomic E-state index is 12.5. The highest BCUT2D eigenvalue weighted by molar-refractivity contribution is 6.31. The quantitative estimate of drug-likeness (QED) is 0.622. The summed E-state index contributed by atoms with van der Waals surface area (Å²) in [5.74, 6) is -0.542. The maximum atomic E-state index is 12.5. The summed E-state index contributed by atoms with van der Waals surface area (Å²) in [6, 6.07) is 1.39. The molecule has 0 radical (unpaired) electrons. The number of halogens is 1. The minimum Gasteiger partial charge on any atom is -0.324 e. The van der Waals surface area contributed by atoms with E-state index in [2.05, 4.69) is 10.4 Å². The van der Waals surface area contributed by atoms with E-state index in [0.717, 1.165) is 12.1 Å². The number of nitrogens with one attached hydrogen (secondary N) is 1. The van der Waals surface area contributed by atoms with E-state index in [1.165, 1.54) is 11.6 Å². The van der Waals surface area contributed by atoms with Crippen LogP contribution in [-0.4, -0.2) is 25.5 Å². The predicted molar refractivity (Wildman–Crippen MR) is 94.5 cm³/mol. The third-order valence-electron chi connectivity index (χ3n) is 4.00. The predicted octanol–water partition coefficient (Wildman–Crippen LogP) is 3.48. The Labute approximate surface area is 153 Å². The van der Waals surface area contributed by atoms with Gasteiger partial charge in [0.2, 0.25) is 5.91 Å². The molecular weight excluding hydrogens is 366 g/mol. The van der Waals surface area contributed by atoms with Crippen LogP contribution in [0.4, 0.5) is 17.1 Å². The molecule has 1 atom stereocenters. The second kappa shape index (κ2) is 7.08. The normalized spacial score (nSPS) is 11.9. The van der Waals surface area contributed by atoms with E-state index in [-0.39, 0.29) is 11.3 Å². The van der Waals surface area contributed by atoms with Crippen LogP contribution in [0.15, 0.2) is 12.1 Å². The standard InChI is InChI=1S/C15H16ClN5O5/c1-7-12(20(23)24)5-11(6-13(7)21(25)26)17-15(22)10(4)19-9(3)14(16)8(2)18-19/h5-6,10H,1-4H3,(H,17,22). The lowest BCUT2D eigenvalue weighted by Gasteiger charge is -2.14. The van der Waals surface area contributed by atoms with Gasteiger partial charge in [-0.25, -0.2) is 0 Å². The summed E-state index contributed by atoms with van der Waals surface area (Å²) in [6.45, 7) is 6.25. The first-order chi connectivity index (χ1) is 12.0. The highest BCUT2D eigenvalue weighted by Gasteiger charge is 2.26. The number of aromatic nitrogens is 2. The van der Waals surface area contributed by atoms with Crippen LogP contribution in [0.3, 0.4) is 0 Å². The number of hydrogen-bond acceptors (Lipinski definition) is 6. The number of carbonyl (C=O) groups is 1. The van der Waals surface area contributed by atoms with E-state index in [1.54, 1.807) is 20.8 Å². The second-order valence-corrected chi connectivity index (χ2v) is 6.13. The highest BCUT2D eigenvalue weighted by atomic mass is 35.5. The van der Waals surface area contributed by atoms with Gasteiger partial charge in [-0.3, -0.25) is 29.7 Å². The second-order valence-electron chi connectivity index (χ2n) is 5.75. The van der Waals surface area contributed by atoms with Gasteiger partial charge in [-0.2, -0.15) is 5.10 Å². The van der Waals surface area contributed by atoms with Gasteiger partial charge in [0.1, 0.15) is 11.6 Å². The Morgan fingerprint density at radius 2 is 1.69 bits per heavy atom. The average molecular weight is 382 g/mol. The largest absolute Gasteiger partial charge is 0.324 e. The molecule has 1 aromatic heterocycles. The number of hydrogen-bond donors (Lipinski definition) is 1. The molecule has 138 valence electrons. The van der Waals surface area contributed by atoms with Crippen molar-refractivity contribution in [2.45, 2.75) is 33.7 Å². The Kier molecular flexibility index (Phi) is 5.26. The van der Waals surface area contributed by atoms with Crippen LogP contribution in [0.2, 0.25) is 5.02 Å². The summed E-state index contributed by atoms with van der Waals surface area (Å²) in [4.78, 5) is 33.2. The van der Waals surface area contributed by atoms with Crippen molar-refractivity contribution in [3.63, 3.8) is 0 Å². The van der Waals surface area contributed by atoms with Gasteiger partial charge in [0.15, 0.2) is 0 Å². The Balaban J connectivity index is 2.38. The van der Waals surface area contributed by atoms with E-state index >= 15 is 0 Å². The van der Waals surface area contributed by atoms with Crippen LogP contribution in [0, 0.1) is 41.0 Å². The molecule has 0 fully saturated rings. The highest BCUT2D eigenvalue weighted by Crippen LogP contribution is 2.32. The van der Waals surface area contributed by atoms with Gasteiger partial charge in [-0.05, 0) is 27.7 Å². The number of nitro benzene ring substituents is 2. The molecule has 1 unspecified atom stereocenters. The Morgan fingerprint density at radius 1 is 1.19 bits per heavy atom. The zero-order valence-corrected chi connectivity index (χ0v) is 15.2. The summed E-state index contributed by atoms with van der Waals surface area (Å²) < 4.78 is 1.42. The Morgan fingerprint density at radius 3 is 2.08 bits per heavy atom. The number of benzene rings is 1. The van der Waals surface area contributed by atoms with E-state index in [4.69, 9.17) is 11.6 Å². The van der Waals surface area contributed by atoms with Gasteiger partial charge in [-0.1, -0.05) is 11.6 Å². The van der Waals surface area contributed by atoms with Crippen LogP contribution in [0.1, 0.15) is 29.9 Å². The lowest BCUT2D eigenvalue weighted by atomic mass is 10.1. The SMILES string of the molecule is Cc1nn(C(C)C(=O)Nc2cc([N+](=O)[O-])c(C)c([N+](=O)[O-])c2)c(C)c1Cl. The fourth-order valence-electron chi connectivity index (χ4n) is 2.51. The molecule has 1 heterocycles. The van der Waals surface area contributed by atoms with Gasteiger partial charge in [0.25, 0.3) is 11.4 Å². The number of carbonyl (C=O) groups excluding carboxylic acids is 1. The number of nitrogens with zero attached hydrogens (tertiary/aromatic N) is 4. The van der Waals surface area contributed by atoms with Crippen molar-refractivity contribution < 1.29 is 14.6 Å². The van der Waals surface area contributed by atoms with Crippen LogP contribution in [-0.2, 0) is 4.79 Å². The minimum atomic E-state index is -0.777. The molecule has 0 saturated carbocycles. The molecule has 2 aromatic rings. The first-order valence-corrected chi connectivity index (χ1v) is 7.87. The molecule has 26 heavy (non-hydrogen) atoms. The molecule has 2 rings (SSSR count). The van der Waals surface area contributed by atoms with Crippen molar-refractivity contribution in [2.75, 3.05) is 5.32 Å². The number of anilines is 1. The van der Waals surface area contributed by atoms with Gasteiger partial charge in [0.05, 0.1) is 31.9 Å². The molecule has 1 N–H and O–H groups in total. The van der Waals surface area contributed by atoms with E-state index in [9.17, 15) is 25.0 Å². The molecule has 0 saturated heterocycles. The fraction of sp³-hybridized carbons (Fsp3) is 0.333. The first kappa shape index (κ1) is 19.3. The summed E-state index contributed by atoms with van der Waals surface area (Å²) >= 11 is 6.07. The molecule has 0 spiro atoms. The van der Waals surface area contributed by atoms with Gasteiger partial charge >= 0.3 is 0 Å². The van der Waals surface area contributed by atoms with E-state index < -0.39 is 33.2 Å². The molecule has 0 aliphatic heterocycles. The van der Waals surface area contributed by atoms with E-state index in [1.807, 2.05) is 0 Å². The molecule has 0 bridgehead atoms. The van der Waals surface area contributed by atoms with Crippen LogP contribution in [0.5, 0.6) is 0 Å². The summed E-state index contributed by atoms with van der Waals surface area (Å²) in [6.07, 6.45) is 0. The summed E-state index contributed by atoms with van der Waals surface area (Å²) in [7, 11) is 0. The fourth-order valence-corrected chi connectivity index (χ4v) is 2.64. The lowest BCUT2D eigenvalue weighted by molar-refractivity contribution is -0.395. The van der Waals surface area contributed by atoms with Crippen molar-refractivity contribution in [2.24, 2.45) is 0 Å². The lowest BCUT2D eigenvalue weighted by Crippen LogP contribution is -2.25. The van der Waals surface area contributed by atoms with Crippen molar-refractivity contribution in [3.05, 3.63) is 54.3 Å². The maximum Gasteiger partial charge on any atom is 0.281 e. The molecule has 0 aliphatic rings. The smallest absolute Gasteiger partial charge is 0.281 e. The summed E-state index contributed by atoms with van der Waals surface area (Å²) in [5.41, 5.74) is 0.126. The number of aryl methyl sites for hydroxylation is 1. The zero-order chi connectivity index (χ0) is 19.8. The Bertz CT molecular complexity index is 888. The molecule has 1 amide bonds. The number of nitro groups is 2. The molecular formula is C15H16ClN5O5. The number of amides is 1. The van der Waals surface area contributed by atoms with E-state index in [0.29, 0.717) is 16.4 Å². The monoisotopic (exact) mass is 381 g/mol. The minimum absolute atomic E-state index is 0.0431. The number of rotatable bonds is 5. The molecule has 1 aromatic carbocycles. The van der Waals surface area contributed by atoms with Crippen molar-refractivity contribution in [1.82, 2.24) is 9.78 Å². The van der Waals surface area contributed by atoms with Crippen molar-refractivity contribution in [1.29, 1.82) is 0 Å². The van der Waals surface area contributed by atoms with Crippen LogP contribution >= 0.6 is 11.6 Å².